The maximum atomic E-state index is 5.72. The molecule has 0 bridgehead atoms. The van der Waals surface area contributed by atoms with Gasteiger partial charge in [0.15, 0.2) is 0 Å². The zero-order valence-corrected chi connectivity index (χ0v) is 11.7. The minimum atomic E-state index is 0.546. The van der Waals surface area contributed by atoms with Crippen LogP contribution < -0.4 is 10.5 Å². The Morgan fingerprint density at radius 3 is 2.29 bits per heavy atom. The van der Waals surface area contributed by atoms with Crippen molar-refractivity contribution in [1.29, 1.82) is 0 Å². The van der Waals surface area contributed by atoms with E-state index < -0.39 is 0 Å². The Bertz CT molecular complexity index is 371. The summed E-state index contributed by atoms with van der Waals surface area (Å²) in [6.45, 7) is 9.52. The third-order valence-electron chi connectivity index (χ3n) is 3.47. The molecule has 17 heavy (non-hydrogen) atoms. The van der Waals surface area contributed by atoms with Crippen LogP contribution in [-0.4, -0.2) is 13.7 Å². The molecule has 0 saturated carbocycles. The summed E-state index contributed by atoms with van der Waals surface area (Å²) in [5, 5.41) is 0. The minimum Gasteiger partial charge on any atom is -0.496 e. The Morgan fingerprint density at radius 1 is 1.18 bits per heavy atom. The molecule has 0 amide bonds. The van der Waals surface area contributed by atoms with E-state index >= 15 is 0 Å². The van der Waals surface area contributed by atoms with Crippen molar-refractivity contribution in [2.24, 2.45) is 11.7 Å². The predicted molar refractivity (Wildman–Crippen MR) is 73.7 cm³/mol. The minimum absolute atomic E-state index is 0.546. The number of methoxy groups -OCH3 is 1. The lowest BCUT2D eigenvalue weighted by atomic mass is 9.83. The van der Waals surface area contributed by atoms with Crippen molar-refractivity contribution in [3.8, 4) is 5.75 Å². The molecule has 2 heteroatoms. The number of rotatable bonds is 5. The van der Waals surface area contributed by atoms with E-state index in [1.54, 1.807) is 7.11 Å². The van der Waals surface area contributed by atoms with Crippen LogP contribution in [0.3, 0.4) is 0 Å². The summed E-state index contributed by atoms with van der Waals surface area (Å²) < 4.78 is 5.36. The summed E-state index contributed by atoms with van der Waals surface area (Å²) in [5.74, 6) is 2.14. The molecular formula is C15H25NO. The van der Waals surface area contributed by atoms with Crippen LogP contribution >= 0.6 is 0 Å². The van der Waals surface area contributed by atoms with Crippen LogP contribution in [-0.2, 0) is 0 Å². The maximum Gasteiger partial charge on any atom is 0.122 e. The first-order chi connectivity index (χ1) is 8.01. The molecule has 2 N–H and O–H groups in total. The highest BCUT2D eigenvalue weighted by Gasteiger charge is 2.18. The molecule has 0 radical (unpaired) electrons. The number of nitrogens with two attached hydrogens (primary N) is 1. The van der Waals surface area contributed by atoms with Gasteiger partial charge in [-0.05, 0) is 61.4 Å². The van der Waals surface area contributed by atoms with E-state index in [1.807, 2.05) is 0 Å². The molecule has 1 unspecified atom stereocenters. The summed E-state index contributed by atoms with van der Waals surface area (Å²) in [5.41, 5.74) is 9.65. The normalized spacial score (nSPS) is 12.9. The van der Waals surface area contributed by atoms with Crippen molar-refractivity contribution in [2.45, 2.75) is 40.0 Å². The number of hydrogen-bond acceptors (Lipinski definition) is 2. The largest absolute Gasteiger partial charge is 0.496 e. The topological polar surface area (TPSA) is 35.2 Å². The molecule has 0 aliphatic rings. The third-order valence-corrected chi connectivity index (χ3v) is 3.47. The van der Waals surface area contributed by atoms with Crippen LogP contribution in [0.5, 0.6) is 5.75 Å². The van der Waals surface area contributed by atoms with Crippen molar-refractivity contribution < 1.29 is 4.74 Å². The molecule has 0 saturated heterocycles. The van der Waals surface area contributed by atoms with Gasteiger partial charge < -0.3 is 10.5 Å². The molecule has 0 spiro atoms. The van der Waals surface area contributed by atoms with Gasteiger partial charge in [-0.25, -0.2) is 0 Å². The van der Waals surface area contributed by atoms with Gasteiger partial charge in [0, 0.05) is 0 Å². The van der Waals surface area contributed by atoms with Crippen molar-refractivity contribution in [3.05, 3.63) is 28.8 Å². The monoisotopic (exact) mass is 235 g/mol. The first-order valence-electron chi connectivity index (χ1n) is 6.36. The van der Waals surface area contributed by atoms with E-state index in [0.717, 1.165) is 18.7 Å². The fourth-order valence-electron chi connectivity index (χ4n) is 2.46. The van der Waals surface area contributed by atoms with Crippen LogP contribution in [0.25, 0.3) is 0 Å². The quantitative estimate of drug-likeness (QED) is 0.849. The summed E-state index contributed by atoms with van der Waals surface area (Å²) in [4.78, 5) is 0. The smallest absolute Gasteiger partial charge is 0.122 e. The molecule has 2 nitrogen and oxygen atoms in total. The number of hydrogen-bond donors (Lipinski definition) is 1. The fourth-order valence-corrected chi connectivity index (χ4v) is 2.46. The zero-order chi connectivity index (χ0) is 13.0. The molecule has 0 heterocycles. The molecule has 1 aromatic rings. The van der Waals surface area contributed by atoms with E-state index in [0.29, 0.717) is 11.8 Å². The molecule has 0 aliphatic carbocycles. The van der Waals surface area contributed by atoms with Crippen LogP contribution in [0.2, 0.25) is 0 Å². The van der Waals surface area contributed by atoms with Gasteiger partial charge in [0.2, 0.25) is 0 Å². The van der Waals surface area contributed by atoms with Crippen molar-refractivity contribution in [1.82, 2.24) is 0 Å². The standard InChI is InChI=1S/C15H25NO/c1-10(2)13(6-7-16)14-8-12(4)15(17-5)9-11(14)3/h8-10,13H,6-7,16H2,1-5H3. The van der Waals surface area contributed by atoms with Gasteiger partial charge in [0.25, 0.3) is 0 Å². The molecular weight excluding hydrogens is 210 g/mol. The lowest BCUT2D eigenvalue weighted by Crippen LogP contribution is -2.14. The van der Waals surface area contributed by atoms with Crippen LogP contribution in [0.1, 0.15) is 42.9 Å². The van der Waals surface area contributed by atoms with Crippen molar-refractivity contribution >= 4 is 0 Å². The first kappa shape index (κ1) is 14.0. The number of benzene rings is 1. The average molecular weight is 235 g/mol. The number of aryl methyl sites for hydroxylation is 2. The van der Waals surface area contributed by atoms with Crippen molar-refractivity contribution in [3.63, 3.8) is 0 Å². The van der Waals surface area contributed by atoms with Gasteiger partial charge in [0.1, 0.15) is 5.75 Å². The van der Waals surface area contributed by atoms with Gasteiger partial charge in [0.05, 0.1) is 7.11 Å². The Hall–Kier alpha value is -1.02. The van der Waals surface area contributed by atoms with Gasteiger partial charge >= 0.3 is 0 Å². The zero-order valence-electron chi connectivity index (χ0n) is 11.7. The Kier molecular flexibility index (Phi) is 5.01. The lowest BCUT2D eigenvalue weighted by molar-refractivity contribution is 0.410. The predicted octanol–water partition coefficient (Wildman–Crippen LogP) is 3.40. The molecule has 1 atom stereocenters. The Balaban J connectivity index is 3.15. The lowest BCUT2D eigenvalue weighted by Gasteiger charge is -2.24. The second-order valence-electron chi connectivity index (χ2n) is 5.11. The third kappa shape index (κ3) is 3.22. The van der Waals surface area contributed by atoms with Gasteiger partial charge in [-0.2, -0.15) is 0 Å². The summed E-state index contributed by atoms with van der Waals surface area (Å²) >= 11 is 0. The van der Waals surface area contributed by atoms with Crippen LogP contribution in [0, 0.1) is 19.8 Å². The van der Waals surface area contributed by atoms with E-state index in [1.165, 1.54) is 16.7 Å². The molecule has 96 valence electrons. The second kappa shape index (κ2) is 6.06. The second-order valence-corrected chi connectivity index (χ2v) is 5.11. The molecule has 1 rings (SSSR count). The Morgan fingerprint density at radius 2 is 1.82 bits per heavy atom. The Labute approximate surface area is 105 Å². The molecule has 0 aromatic heterocycles. The number of ether oxygens (including phenoxy) is 1. The summed E-state index contributed by atoms with van der Waals surface area (Å²) in [6.07, 6.45) is 1.05. The van der Waals surface area contributed by atoms with E-state index in [2.05, 4.69) is 39.8 Å². The van der Waals surface area contributed by atoms with Gasteiger partial charge in [-0.3, -0.25) is 0 Å². The summed E-state index contributed by atoms with van der Waals surface area (Å²) in [6, 6.07) is 4.39. The van der Waals surface area contributed by atoms with Gasteiger partial charge in [-0.15, -0.1) is 0 Å². The summed E-state index contributed by atoms with van der Waals surface area (Å²) in [7, 11) is 1.72. The van der Waals surface area contributed by atoms with Gasteiger partial charge in [-0.1, -0.05) is 19.9 Å². The van der Waals surface area contributed by atoms with Crippen LogP contribution in [0.15, 0.2) is 12.1 Å². The van der Waals surface area contributed by atoms with E-state index in [-0.39, 0.29) is 0 Å². The highest BCUT2D eigenvalue weighted by atomic mass is 16.5. The fraction of sp³-hybridized carbons (Fsp3) is 0.600. The highest BCUT2D eigenvalue weighted by Crippen LogP contribution is 2.33. The molecule has 0 fully saturated rings. The van der Waals surface area contributed by atoms with Crippen LogP contribution in [0.4, 0.5) is 0 Å². The van der Waals surface area contributed by atoms with E-state index in [4.69, 9.17) is 10.5 Å². The van der Waals surface area contributed by atoms with E-state index in [9.17, 15) is 0 Å². The SMILES string of the molecule is COc1cc(C)c(C(CCN)C(C)C)cc1C. The molecule has 0 aliphatic heterocycles. The molecule has 1 aromatic carbocycles. The highest BCUT2D eigenvalue weighted by molar-refractivity contribution is 5.43. The average Bonchev–Trinajstić information content (AvgIpc) is 2.28. The first-order valence-corrected chi connectivity index (χ1v) is 6.36. The maximum absolute atomic E-state index is 5.72. The van der Waals surface area contributed by atoms with Crippen molar-refractivity contribution in [2.75, 3.05) is 13.7 Å².